The number of hydrogen-bond donors (Lipinski definition) is 1. The van der Waals surface area contributed by atoms with Gasteiger partial charge >= 0.3 is 0 Å². The van der Waals surface area contributed by atoms with Crippen LogP contribution in [0.25, 0.3) is 0 Å². The molecule has 0 spiro atoms. The van der Waals surface area contributed by atoms with Crippen LogP contribution in [0.3, 0.4) is 0 Å². The quantitative estimate of drug-likeness (QED) is 0.918. The van der Waals surface area contributed by atoms with E-state index in [9.17, 15) is 0 Å². The van der Waals surface area contributed by atoms with E-state index in [1.54, 1.807) is 0 Å². The van der Waals surface area contributed by atoms with Crippen molar-refractivity contribution in [1.29, 1.82) is 0 Å². The van der Waals surface area contributed by atoms with Gasteiger partial charge in [0.05, 0.1) is 0 Å². The Labute approximate surface area is 118 Å². The lowest BCUT2D eigenvalue weighted by atomic mass is 9.86. The first-order valence-electron chi connectivity index (χ1n) is 6.65. The molecule has 2 nitrogen and oxygen atoms in total. The molecule has 0 aromatic heterocycles. The Morgan fingerprint density at radius 2 is 1.78 bits per heavy atom. The summed E-state index contributed by atoms with van der Waals surface area (Å²) in [5, 5.41) is 3.49. The second-order valence-electron chi connectivity index (χ2n) is 5.18. The maximum Gasteiger partial charge on any atom is 0.0469 e. The molecule has 0 radical (unpaired) electrons. The van der Waals surface area contributed by atoms with Crippen molar-refractivity contribution in [2.75, 3.05) is 20.3 Å². The van der Waals surface area contributed by atoms with Crippen LogP contribution in [0.5, 0.6) is 0 Å². The summed E-state index contributed by atoms with van der Waals surface area (Å²) in [6, 6.07) is 5.04. The zero-order valence-corrected chi connectivity index (χ0v) is 13.0. The van der Waals surface area contributed by atoms with E-state index in [0.717, 1.165) is 26.1 Å². The molecule has 1 unspecified atom stereocenters. The molecule has 1 aromatic rings. The van der Waals surface area contributed by atoms with E-state index in [-0.39, 0.29) is 0 Å². The summed E-state index contributed by atoms with van der Waals surface area (Å²) >= 11 is 3.64. The highest BCUT2D eigenvalue weighted by atomic mass is 79.9. The van der Waals surface area contributed by atoms with Crippen molar-refractivity contribution in [1.82, 2.24) is 5.32 Å². The Balaban J connectivity index is 2.26. The first-order chi connectivity index (χ1) is 8.63. The number of hydrogen-bond acceptors (Lipinski definition) is 2. The van der Waals surface area contributed by atoms with E-state index in [4.69, 9.17) is 4.74 Å². The highest BCUT2D eigenvalue weighted by molar-refractivity contribution is 9.10. The molecular formula is C15H22BrNO. The average molecular weight is 312 g/mol. The van der Waals surface area contributed by atoms with Gasteiger partial charge in [-0.3, -0.25) is 0 Å². The Hall–Kier alpha value is -0.380. The predicted octanol–water partition coefficient (Wildman–Crippen LogP) is 3.75. The lowest BCUT2D eigenvalue weighted by molar-refractivity contribution is 0.0546. The Kier molecular flexibility index (Phi) is 4.82. The minimum atomic E-state index is 0.444. The fraction of sp³-hybridized carbons (Fsp3) is 0.600. The third kappa shape index (κ3) is 2.95. The molecule has 0 saturated carbocycles. The second kappa shape index (κ2) is 6.18. The summed E-state index contributed by atoms with van der Waals surface area (Å²) in [6.07, 6.45) is 2.30. The molecule has 0 bridgehead atoms. The minimum absolute atomic E-state index is 0.444. The molecule has 2 rings (SSSR count). The number of rotatable bonds is 3. The molecule has 18 heavy (non-hydrogen) atoms. The molecule has 1 atom stereocenters. The van der Waals surface area contributed by atoms with Gasteiger partial charge in [-0.05, 0) is 56.3 Å². The monoisotopic (exact) mass is 311 g/mol. The highest BCUT2D eigenvalue weighted by Crippen LogP contribution is 2.33. The molecule has 1 fully saturated rings. The van der Waals surface area contributed by atoms with E-state index in [0.29, 0.717) is 12.0 Å². The zero-order valence-electron chi connectivity index (χ0n) is 11.4. The number of benzene rings is 1. The first kappa shape index (κ1) is 14.0. The molecule has 100 valence electrons. The smallest absolute Gasteiger partial charge is 0.0469 e. The molecule has 0 aliphatic carbocycles. The number of aryl methyl sites for hydroxylation is 2. The van der Waals surface area contributed by atoms with Gasteiger partial charge in [0.25, 0.3) is 0 Å². The number of halogens is 1. The summed E-state index contributed by atoms with van der Waals surface area (Å²) in [5.74, 6) is 0.684. The SMILES string of the molecule is CNC(c1cc(C)c(Br)c(C)c1)C1CCOCC1. The van der Waals surface area contributed by atoms with E-state index in [2.05, 4.69) is 54.3 Å². The second-order valence-corrected chi connectivity index (χ2v) is 5.98. The summed E-state index contributed by atoms with van der Waals surface area (Å²) in [4.78, 5) is 0. The van der Waals surface area contributed by atoms with Gasteiger partial charge in [-0.15, -0.1) is 0 Å². The van der Waals surface area contributed by atoms with Crippen molar-refractivity contribution in [2.24, 2.45) is 5.92 Å². The van der Waals surface area contributed by atoms with Crippen LogP contribution in [0.1, 0.15) is 35.6 Å². The molecule has 1 heterocycles. The molecule has 0 amide bonds. The summed E-state index contributed by atoms with van der Waals surface area (Å²) in [5.41, 5.74) is 4.04. The first-order valence-corrected chi connectivity index (χ1v) is 7.44. The normalized spacial score (nSPS) is 18.9. The van der Waals surface area contributed by atoms with Crippen LogP contribution < -0.4 is 5.32 Å². The Morgan fingerprint density at radius 1 is 1.22 bits per heavy atom. The van der Waals surface area contributed by atoms with Crippen LogP contribution in [0.2, 0.25) is 0 Å². The average Bonchev–Trinajstić information content (AvgIpc) is 2.38. The predicted molar refractivity (Wildman–Crippen MR) is 79.0 cm³/mol. The van der Waals surface area contributed by atoms with Crippen molar-refractivity contribution in [3.63, 3.8) is 0 Å². The van der Waals surface area contributed by atoms with Crippen LogP contribution in [0.15, 0.2) is 16.6 Å². The standard InChI is InChI=1S/C15H22BrNO/c1-10-8-13(9-11(2)14(10)16)15(17-3)12-4-6-18-7-5-12/h8-9,12,15,17H,4-7H2,1-3H3. The van der Waals surface area contributed by atoms with Crippen molar-refractivity contribution in [2.45, 2.75) is 32.7 Å². The number of nitrogens with one attached hydrogen (secondary N) is 1. The van der Waals surface area contributed by atoms with Gasteiger partial charge in [-0.25, -0.2) is 0 Å². The van der Waals surface area contributed by atoms with E-state index in [1.807, 2.05) is 0 Å². The van der Waals surface area contributed by atoms with Gasteiger partial charge in [0.15, 0.2) is 0 Å². The molecular weight excluding hydrogens is 290 g/mol. The fourth-order valence-corrected chi connectivity index (χ4v) is 3.11. The van der Waals surface area contributed by atoms with Crippen LogP contribution in [0.4, 0.5) is 0 Å². The maximum absolute atomic E-state index is 5.46. The Morgan fingerprint density at radius 3 is 2.28 bits per heavy atom. The lowest BCUT2D eigenvalue weighted by Gasteiger charge is -2.31. The van der Waals surface area contributed by atoms with Crippen molar-refractivity contribution in [3.05, 3.63) is 33.3 Å². The zero-order chi connectivity index (χ0) is 13.1. The van der Waals surface area contributed by atoms with Crippen LogP contribution >= 0.6 is 15.9 Å². The highest BCUT2D eigenvalue weighted by Gasteiger charge is 2.24. The number of ether oxygens (including phenoxy) is 1. The fourth-order valence-electron chi connectivity index (χ4n) is 2.88. The molecule has 1 N–H and O–H groups in total. The van der Waals surface area contributed by atoms with Gasteiger partial charge in [-0.1, -0.05) is 28.1 Å². The Bertz CT molecular complexity index is 390. The van der Waals surface area contributed by atoms with Crippen LogP contribution in [-0.4, -0.2) is 20.3 Å². The summed E-state index contributed by atoms with van der Waals surface area (Å²) < 4.78 is 6.69. The largest absolute Gasteiger partial charge is 0.381 e. The molecule has 1 aliphatic heterocycles. The van der Waals surface area contributed by atoms with E-state index >= 15 is 0 Å². The summed E-state index contributed by atoms with van der Waals surface area (Å²) in [7, 11) is 2.06. The van der Waals surface area contributed by atoms with E-state index in [1.165, 1.54) is 21.2 Å². The van der Waals surface area contributed by atoms with Gasteiger partial charge in [0, 0.05) is 23.7 Å². The van der Waals surface area contributed by atoms with Crippen molar-refractivity contribution in [3.8, 4) is 0 Å². The van der Waals surface area contributed by atoms with Crippen LogP contribution in [-0.2, 0) is 4.74 Å². The van der Waals surface area contributed by atoms with Gasteiger partial charge in [0.1, 0.15) is 0 Å². The molecule has 1 aromatic carbocycles. The third-order valence-corrected chi connectivity index (χ3v) is 5.12. The van der Waals surface area contributed by atoms with Gasteiger partial charge in [0.2, 0.25) is 0 Å². The van der Waals surface area contributed by atoms with E-state index < -0.39 is 0 Å². The van der Waals surface area contributed by atoms with Gasteiger partial charge < -0.3 is 10.1 Å². The lowest BCUT2D eigenvalue weighted by Crippen LogP contribution is -2.30. The van der Waals surface area contributed by atoms with Crippen molar-refractivity contribution < 1.29 is 4.74 Å². The maximum atomic E-state index is 5.46. The molecule has 1 aliphatic rings. The van der Waals surface area contributed by atoms with Gasteiger partial charge in [-0.2, -0.15) is 0 Å². The van der Waals surface area contributed by atoms with Crippen LogP contribution in [0, 0.1) is 19.8 Å². The third-order valence-electron chi connectivity index (χ3n) is 3.87. The van der Waals surface area contributed by atoms with Crippen molar-refractivity contribution >= 4 is 15.9 Å². The minimum Gasteiger partial charge on any atom is -0.381 e. The topological polar surface area (TPSA) is 21.3 Å². The molecule has 3 heteroatoms. The molecule has 1 saturated heterocycles. The summed E-state index contributed by atoms with van der Waals surface area (Å²) in [6.45, 7) is 6.13.